The minimum absolute atomic E-state index is 0.215. The van der Waals surface area contributed by atoms with Crippen molar-refractivity contribution in [2.24, 2.45) is 5.14 Å². The van der Waals surface area contributed by atoms with Gasteiger partial charge in [-0.2, -0.15) is 24.9 Å². The Bertz CT molecular complexity index is 264. The molecule has 0 aromatic heterocycles. The molecule has 0 amide bonds. The Balaban J connectivity index is 4.19. The van der Waals surface area contributed by atoms with Crippen molar-refractivity contribution in [1.29, 1.82) is 0 Å². The zero-order valence-electron chi connectivity index (χ0n) is 7.06. The second-order valence-electron chi connectivity index (χ2n) is 2.34. The van der Waals surface area contributed by atoms with Gasteiger partial charge in [-0.05, 0) is 18.4 Å². The molecule has 0 bridgehead atoms. The van der Waals surface area contributed by atoms with Gasteiger partial charge in [0.05, 0.1) is 0 Å². The van der Waals surface area contributed by atoms with Crippen molar-refractivity contribution < 1.29 is 18.3 Å². The molecule has 0 radical (unpaired) electrons. The molecule has 1 atom stereocenters. The largest absolute Gasteiger partial charge is 0.480 e. The summed E-state index contributed by atoms with van der Waals surface area (Å²) >= 11 is 1.43. The zero-order chi connectivity index (χ0) is 10.5. The van der Waals surface area contributed by atoms with E-state index in [2.05, 4.69) is 5.14 Å². The lowest BCUT2D eigenvalue weighted by Crippen LogP contribution is -2.44. The molecule has 0 heterocycles. The lowest BCUT2D eigenvalue weighted by molar-refractivity contribution is -0.139. The number of nitrogens with one attached hydrogen (secondary N) is 1. The Kier molecular flexibility index (Phi) is 5.30. The summed E-state index contributed by atoms with van der Waals surface area (Å²) in [4.78, 5) is 10.5. The van der Waals surface area contributed by atoms with Gasteiger partial charge in [-0.25, -0.2) is 5.14 Å². The van der Waals surface area contributed by atoms with Crippen LogP contribution >= 0.6 is 11.8 Å². The summed E-state index contributed by atoms with van der Waals surface area (Å²) in [6.45, 7) is 0. The number of aliphatic carboxylic acids is 1. The van der Waals surface area contributed by atoms with E-state index in [0.717, 1.165) is 0 Å². The maximum absolute atomic E-state index is 10.5. The molecule has 0 saturated heterocycles. The molecule has 13 heavy (non-hydrogen) atoms. The van der Waals surface area contributed by atoms with Crippen LogP contribution in [0, 0.1) is 0 Å². The van der Waals surface area contributed by atoms with Crippen LogP contribution in [-0.4, -0.2) is 37.5 Å². The average Bonchev–Trinajstić information content (AvgIpc) is 1.95. The first-order valence-corrected chi connectivity index (χ1v) is 6.32. The Morgan fingerprint density at radius 1 is 1.69 bits per heavy atom. The maximum atomic E-state index is 10.5. The van der Waals surface area contributed by atoms with Gasteiger partial charge < -0.3 is 5.11 Å². The fourth-order valence-corrected chi connectivity index (χ4v) is 1.75. The first-order valence-electron chi connectivity index (χ1n) is 3.38. The second kappa shape index (κ2) is 5.43. The minimum Gasteiger partial charge on any atom is -0.480 e. The summed E-state index contributed by atoms with van der Waals surface area (Å²) in [5.41, 5.74) is 0. The van der Waals surface area contributed by atoms with E-state index in [4.69, 9.17) is 5.11 Å². The number of nitrogens with two attached hydrogens (primary N) is 1. The van der Waals surface area contributed by atoms with Crippen LogP contribution in [0.25, 0.3) is 0 Å². The molecular formula is C5H12N2O4S2. The van der Waals surface area contributed by atoms with Crippen LogP contribution in [0.2, 0.25) is 0 Å². The summed E-state index contributed by atoms with van der Waals surface area (Å²) in [6.07, 6.45) is 2.02. The first-order chi connectivity index (χ1) is 5.87. The van der Waals surface area contributed by atoms with Crippen LogP contribution in [0.3, 0.4) is 0 Å². The van der Waals surface area contributed by atoms with Crippen molar-refractivity contribution in [1.82, 2.24) is 4.72 Å². The van der Waals surface area contributed by atoms with Gasteiger partial charge in [-0.15, -0.1) is 0 Å². The highest BCUT2D eigenvalue weighted by atomic mass is 32.2. The SMILES string of the molecule is CSCC[C@@H](NS(N)(=O)=O)C(=O)O. The number of hydrogen-bond donors (Lipinski definition) is 3. The van der Waals surface area contributed by atoms with E-state index in [1.807, 2.05) is 4.72 Å². The molecular weight excluding hydrogens is 216 g/mol. The molecule has 0 aliphatic carbocycles. The summed E-state index contributed by atoms with van der Waals surface area (Å²) in [7, 11) is -3.94. The van der Waals surface area contributed by atoms with Gasteiger partial charge in [0.25, 0.3) is 10.2 Å². The number of carboxylic acid groups (broad SMARTS) is 1. The van der Waals surface area contributed by atoms with E-state index in [1.165, 1.54) is 11.8 Å². The predicted octanol–water partition coefficient (Wildman–Crippen LogP) is -1.01. The summed E-state index contributed by atoms with van der Waals surface area (Å²) in [6, 6.07) is -1.14. The van der Waals surface area contributed by atoms with Crippen molar-refractivity contribution in [2.45, 2.75) is 12.5 Å². The molecule has 0 fully saturated rings. The van der Waals surface area contributed by atoms with Crippen LogP contribution in [0.1, 0.15) is 6.42 Å². The molecule has 0 spiro atoms. The Morgan fingerprint density at radius 2 is 2.23 bits per heavy atom. The molecule has 0 aliphatic heterocycles. The molecule has 6 nitrogen and oxygen atoms in total. The normalized spacial score (nSPS) is 14.0. The number of thioether (sulfide) groups is 1. The molecule has 0 aromatic carbocycles. The third-order valence-electron chi connectivity index (χ3n) is 1.22. The molecule has 4 N–H and O–H groups in total. The topological polar surface area (TPSA) is 109 Å². The van der Waals surface area contributed by atoms with Gasteiger partial charge in [0, 0.05) is 0 Å². The van der Waals surface area contributed by atoms with E-state index in [-0.39, 0.29) is 6.42 Å². The van der Waals surface area contributed by atoms with E-state index in [0.29, 0.717) is 5.75 Å². The van der Waals surface area contributed by atoms with E-state index < -0.39 is 22.2 Å². The fraction of sp³-hybridized carbons (Fsp3) is 0.800. The fourth-order valence-electron chi connectivity index (χ4n) is 0.667. The van der Waals surface area contributed by atoms with Gasteiger partial charge in [0.15, 0.2) is 0 Å². The van der Waals surface area contributed by atoms with E-state index >= 15 is 0 Å². The van der Waals surface area contributed by atoms with Crippen LogP contribution in [0.5, 0.6) is 0 Å². The van der Waals surface area contributed by atoms with Gasteiger partial charge >= 0.3 is 5.97 Å². The zero-order valence-corrected chi connectivity index (χ0v) is 8.69. The predicted molar refractivity (Wildman–Crippen MR) is 50.7 cm³/mol. The van der Waals surface area contributed by atoms with Gasteiger partial charge in [0.1, 0.15) is 6.04 Å². The Morgan fingerprint density at radius 3 is 2.54 bits per heavy atom. The third-order valence-corrected chi connectivity index (χ3v) is 2.47. The van der Waals surface area contributed by atoms with Gasteiger partial charge in [-0.1, -0.05) is 0 Å². The summed E-state index contributed by atoms with van der Waals surface area (Å²) in [5, 5.41) is 13.2. The van der Waals surface area contributed by atoms with Crippen molar-refractivity contribution in [3.8, 4) is 0 Å². The van der Waals surface area contributed by atoms with Crippen molar-refractivity contribution in [3.63, 3.8) is 0 Å². The highest BCUT2D eigenvalue weighted by Crippen LogP contribution is 2.01. The van der Waals surface area contributed by atoms with Crippen LogP contribution in [0.4, 0.5) is 0 Å². The van der Waals surface area contributed by atoms with Crippen molar-refractivity contribution >= 4 is 27.9 Å². The molecule has 8 heteroatoms. The lowest BCUT2D eigenvalue weighted by atomic mass is 10.2. The molecule has 0 aliphatic rings. The minimum atomic E-state index is -3.94. The number of rotatable bonds is 6. The van der Waals surface area contributed by atoms with Gasteiger partial charge in [0.2, 0.25) is 0 Å². The van der Waals surface area contributed by atoms with Crippen LogP contribution in [0.15, 0.2) is 0 Å². The van der Waals surface area contributed by atoms with E-state index in [9.17, 15) is 13.2 Å². The lowest BCUT2D eigenvalue weighted by Gasteiger charge is -2.11. The highest BCUT2D eigenvalue weighted by molar-refractivity contribution is 7.98. The third kappa shape index (κ3) is 6.82. The van der Waals surface area contributed by atoms with Crippen molar-refractivity contribution in [3.05, 3.63) is 0 Å². The van der Waals surface area contributed by atoms with Gasteiger partial charge in [-0.3, -0.25) is 4.79 Å². The number of carbonyl (C=O) groups is 1. The molecule has 0 aromatic rings. The maximum Gasteiger partial charge on any atom is 0.321 e. The van der Waals surface area contributed by atoms with E-state index in [1.54, 1.807) is 6.26 Å². The monoisotopic (exact) mass is 228 g/mol. The number of carboxylic acids is 1. The molecule has 78 valence electrons. The summed E-state index contributed by atoms with van der Waals surface area (Å²) in [5.74, 6) is -0.664. The molecule has 0 unspecified atom stereocenters. The average molecular weight is 228 g/mol. The Labute approximate surface area is 81.1 Å². The smallest absolute Gasteiger partial charge is 0.321 e. The van der Waals surface area contributed by atoms with Crippen LogP contribution in [-0.2, 0) is 15.0 Å². The Hall–Kier alpha value is -0.310. The second-order valence-corrected chi connectivity index (χ2v) is 4.65. The quantitative estimate of drug-likeness (QED) is 0.539. The summed E-state index contributed by atoms with van der Waals surface area (Å²) < 4.78 is 22.8. The van der Waals surface area contributed by atoms with Crippen molar-refractivity contribution in [2.75, 3.05) is 12.0 Å². The van der Waals surface area contributed by atoms with Crippen LogP contribution < -0.4 is 9.86 Å². The molecule has 0 saturated carbocycles. The highest BCUT2D eigenvalue weighted by Gasteiger charge is 2.20. The molecule has 0 rings (SSSR count). The number of hydrogen-bond acceptors (Lipinski definition) is 4. The first kappa shape index (κ1) is 12.7. The standard InChI is InChI=1S/C5H12N2O4S2/c1-12-3-2-4(5(8)9)7-13(6,10)11/h4,7H,2-3H2,1H3,(H,8,9)(H2,6,10,11)/t4-/m1/s1.